The average Bonchev–Trinajstić information content (AvgIpc) is 2.03. The van der Waals surface area contributed by atoms with E-state index in [1.807, 2.05) is 0 Å². The van der Waals surface area contributed by atoms with Gasteiger partial charge in [0.1, 0.15) is 0 Å². The van der Waals surface area contributed by atoms with Gasteiger partial charge in [-0.25, -0.2) is 12.7 Å². The Morgan fingerprint density at radius 3 is 2.69 bits per heavy atom. The Morgan fingerprint density at radius 2 is 2.23 bits per heavy atom. The number of hydrogen-bond donors (Lipinski definition) is 2. The zero-order chi connectivity index (χ0) is 10.1. The number of nitrogens with one attached hydrogen (secondary N) is 1. The van der Waals surface area contributed by atoms with Crippen molar-refractivity contribution in [3.63, 3.8) is 0 Å². The standard InChI is InChI=1S/C7H15N3O2S/c1-13(11,12)10-4-2-3-6(5-10)7(8)9/h6H,2-5H2,1H3,(H3,8,9)/t6-/m1/s1. The van der Waals surface area contributed by atoms with Crippen molar-refractivity contribution in [2.24, 2.45) is 11.7 Å². The second-order valence-corrected chi connectivity index (χ2v) is 5.40. The number of piperidine rings is 1. The highest BCUT2D eigenvalue weighted by atomic mass is 32.2. The molecule has 0 radical (unpaired) electrons. The molecule has 1 heterocycles. The van der Waals surface area contributed by atoms with E-state index in [4.69, 9.17) is 11.1 Å². The predicted molar refractivity (Wildman–Crippen MR) is 51.1 cm³/mol. The SMILES string of the molecule is CS(=O)(=O)N1CCC[C@@H](C(=N)N)C1. The summed E-state index contributed by atoms with van der Waals surface area (Å²) in [6, 6.07) is 0. The minimum absolute atomic E-state index is 0.0911. The van der Waals surface area contributed by atoms with E-state index in [2.05, 4.69) is 0 Å². The summed E-state index contributed by atoms with van der Waals surface area (Å²) in [6.45, 7) is 0.927. The summed E-state index contributed by atoms with van der Waals surface area (Å²) in [4.78, 5) is 0. The lowest BCUT2D eigenvalue weighted by atomic mass is 9.99. The van der Waals surface area contributed by atoms with Crippen molar-refractivity contribution in [2.45, 2.75) is 12.8 Å². The molecule has 0 saturated carbocycles. The zero-order valence-electron chi connectivity index (χ0n) is 7.66. The second kappa shape index (κ2) is 3.63. The van der Waals surface area contributed by atoms with Crippen LogP contribution >= 0.6 is 0 Å². The summed E-state index contributed by atoms with van der Waals surface area (Å²) in [7, 11) is -3.11. The Morgan fingerprint density at radius 1 is 1.62 bits per heavy atom. The summed E-state index contributed by atoms with van der Waals surface area (Å²) in [5.74, 6) is -0.00294. The quantitative estimate of drug-likeness (QED) is 0.474. The molecule has 0 unspecified atom stereocenters. The fraction of sp³-hybridized carbons (Fsp3) is 0.857. The molecule has 0 aromatic heterocycles. The molecule has 1 rings (SSSR count). The Hall–Kier alpha value is -0.620. The van der Waals surface area contributed by atoms with Crippen LogP contribution in [0.4, 0.5) is 0 Å². The molecule has 0 aromatic rings. The van der Waals surface area contributed by atoms with Crippen molar-refractivity contribution in [3.05, 3.63) is 0 Å². The smallest absolute Gasteiger partial charge is 0.211 e. The van der Waals surface area contributed by atoms with E-state index in [1.165, 1.54) is 10.6 Å². The molecule has 0 aromatic carbocycles. The summed E-state index contributed by atoms with van der Waals surface area (Å²) in [6.07, 6.45) is 2.80. The van der Waals surface area contributed by atoms with Crippen molar-refractivity contribution in [1.29, 1.82) is 5.41 Å². The molecule has 1 saturated heterocycles. The van der Waals surface area contributed by atoms with Gasteiger partial charge in [0.2, 0.25) is 10.0 Å². The van der Waals surface area contributed by atoms with Gasteiger partial charge in [-0.1, -0.05) is 0 Å². The zero-order valence-corrected chi connectivity index (χ0v) is 8.47. The first kappa shape index (κ1) is 10.5. The van der Waals surface area contributed by atoms with E-state index in [9.17, 15) is 8.42 Å². The number of hydrogen-bond acceptors (Lipinski definition) is 3. The molecular formula is C7H15N3O2S. The Labute approximate surface area is 78.5 Å². The normalized spacial score (nSPS) is 25.8. The number of amidine groups is 1. The van der Waals surface area contributed by atoms with Crippen LogP contribution in [0.1, 0.15) is 12.8 Å². The van der Waals surface area contributed by atoms with E-state index in [0.717, 1.165) is 12.8 Å². The third-order valence-corrected chi connectivity index (χ3v) is 3.56. The molecule has 0 amide bonds. The molecule has 5 nitrogen and oxygen atoms in total. The highest BCUT2D eigenvalue weighted by molar-refractivity contribution is 7.88. The van der Waals surface area contributed by atoms with Gasteiger partial charge in [-0.05, 0) is 12.8 Å². The van der Waals surface area contributed by atoms with E-state index in [1.54, 1.807) is 0 Å². The third-order valence-electron chi connectivity index (χ3n) is 2.29. The highest BCUT2D eigenvalue weighted by Gasteiger charge is 2.27. The molecule has 0 aliphatic carbocycles. The van der Waals surface area contributed by atoms with Gasteiger partial charge in [-0.2, -0.15) is 0 Å². The topological polar surface area (TPSA) is 87.2 Å². The van der Waals surface area contributed by atoms with Crippen molar-refractivity contribution in [3.8, 4) is 0 Å². The minimum atomic E-state index is -3.11. The molecule has 1 aliphatic rings. The fourth-order valence-corrected chi connectivity index (χ4v) is 2.41. The van der Waals surface area contributed by atoms with E-state index >= 15 is 0 Å². The lowest BCUT2D eigenvalue weighted by molar-refractivity contribution is 0.312. The van der Waals surface area contributed by atoms with Crippen LogP contribution in [0.3, 0.4) is 0 Å². The highest BCUT2D eigenvalue weighted by Crippen LogP contribution is 2.17. The van der Waals surface area contributed by atoms with E-state index < -0.39 is 10.0 Å². The summed E-state index contributed by atoms with van der Waals surface area (Å²) in [5.41, 5.74) is 5.33. The van der Waals surface area contributed by atoms with Crippen molar-refractivity contribution < 1.29 is 8.42 Å². The molecule has 3 N–H and O–H groups in total. The third kappa shape index (κ3) is 2.67. The molecule has 0 bridgehead atoms. The number of nitrogens with zero attached hydrogens (tertiary/aromatic N) is 1. The Bertz CT molecular complexity index is 299. The van der Waals surface area contributed by atoms with E-state index in [-0.39, 0.29) is 11.8 Å². The van der Waals surface area contributed by atoms with Crippen molar-refractivity contribution in [2.75, 3.05) is 19.3 Å². The van der Waals surface area contributed by atoms with Crippen LogP contribution in [0, 0.1) is 11.3 Å². The summed E-state index contributed by atoms with van der Waals surface area (Å²) >= 11 is 0. The largest absolute Gasteiger partial charge is 0.387 e. The first-order valence-corrected chi connectivity index (χ1v) is 6.05. The first-order valence-electron chi connectivity index (χ1n) is 4.20. The van der Waals surface area contributed by atoms with Gasteiger partial charge in [-0.3, -0.25) is 5.41 Å². The maximum Gasteiger partial charge on any atom is 0.211 e. The number of rotatable bonds is 2. The fourth-order valence-electron chi connectivity index (χ4n) is 1.50. The Balaban J connectivity index is 2.67. The molecule has 76 valence electrons. The van der Waals surface area contributed by atoms with E-state index in [0.29, 0.717) is 13.1 Å². The van der Waals surface area contributed by atoms with Crippen LogP contribution in [0.5, 0.6) is 0 Å². The van der Waals surface area contributed by atoms with Crippen molar-refractivity contribution in [1.82, 2.24) is 4.31 Å². The predicted octanol–water partition coefficient (Wildman–Crippen LogP) is -0.406. The molecule has 13 heavy (non-hydrogen) atoms. The van der Waals surface area contributed by atoms with Gasteiger partial charge in [0.05, 0.1) is 12.1 Å². The molecular weight excluding hydrogens is 190 g/mol. The number of sulfonamides is 1. The average molecular weight is 205 g/mol. The van der Waals surface area contributed by atoms with Gasteiger partial charge >= 0.3 is 0 Å². The molecule has 1 fully saturated rings. The van der Waals surface area contributed by atoms with Gasteiger partial charge in [0, 0.05) is 19.0 Å². The monoisotopic (exact) mass is 205 g/mol. The molecule has 6 heteroatoms. The Kier molecular flexibility index (Phi) is 2.92. The molecule has 0 spiro atoms. The van der Waals surface area contributed by atoms with Crippen molar-refractivity contribution >= 4 is 15.9 Å². The minimum Gasteiger partial charge on any atom is -0.387 e. The van der Waals surface area contributed by atoms with Crippen LogP contribution in [-0.2, 0) is 10.0 Å². The van der Waals surface area contributed by atoms with Gasteiger partial charge in [-0.15, -0.1) is 0 Å². The summed E-state index contributed by atoms with van der Waals surface area (Å²) in [5, 5.41) is 7.24. The van der Waals surface area contributed by atoms with Crippen LogP contribution in [-0.4, -0.2) is 37.9 Å². The lowest BCUT2D eigenvalue weighted by Gasteiger charge is -2.29. The van der Waals surface area contributed by atoms with Crippen LogP contribution in [0.15, 0.2) is 0 Å². The molecule has 1 atom stereocenters. The molecule has 1 aliphatic heterocycles. The first-order chi connectivity index (χ1) is 5.91. The second-order valence-electron chi connectivity index (χ2n) is 3.42. The van der Waals surface area contributed by atoms with Gasteiger partial charge in [0.25, 0.3) is 0 Å². The van der Waals surface area contributed by atoms with Gasteiger partial charge < -0.3 is 5.73 Å². The number of nitrogens with two attached hydrogens (primary N) is 1. The van der Waals surface area contributed by atoms with Crippen LogP contribution in [0.2, 0.25) is 0 Å². The van der Waals surface area contributed by atoms with Gasteiger partial charge in [0.15, 0.2) is 0 Å². The lowest BCUT2D eigenvalue weighted by Crippen LogP contribution is -2.43. The van der Waals surface area contributed by atoms with Crippen LogP contribution in [0.25, 0.3) is 0 Å². The maximum absolute atomic E-state index is 11.2. The summed E-state index contributed by atoms with van der Waals surface area (Å²) < 4.78 is 23.7. The van der Waals surface area contributed by atoms with Crippen LogP contribution < -0.4 is 5.73 Å². The maximum atomic E-state index is 11.2.